The van der Waals surface area contributed by atoms with Crippen molar-refractivity contribution in [2.45, 2.75) is 64.7 Å². The molecule has 0 aliphatic heterocycles. The average Bonchev–Trinajstić information content (AvgIpc) is 3.14. The molecule has 2 rings (SSSR count). The molecule has 0 spiro atoms. The van der Waals surface area contributed by atoms with E-state index in [4.69, 9.17) is 9.47 Å². The maximum Gasteiger partial charge on any atom is 0.314 e. The summed E-state index contributed by atoms with van der Waals surface area (Å²) in [5, 5.41) is 0. The Labute approximate surface area is 123 Å². The zero-order chi connectivity index (χ0) is 14.4. The summed E-state index contributed by atoms with van der Waals surface area (Å²) in [6.45, 7) is 3.14. The number of ether oxygens (including phenoxy) is 2. The highest BCUT2D eigenvalue weighted by atomic mass is 16.5. The van der Waals surface area contributed by atoms with Crippen molar-refractivity contribution in [3.8, 4) is 0 Å². The van der Waals surface area contributed by atoms with Crippen LogP contribution in [0, 0.1) is 17.3 Å². The molecule has 3 nitrogen and oxygen atoms in total. The van der Waals surface area contributed by atoms with Gasteiger partial charge in [-0.05, 0) is 43.9 Å². The van der Waals surface area contributed by atoms with Gasteiger partial charge in [0, 0.05) is 7.11 Å². The first-order chi connectivity index (χ1) is 9.75. The molecule has 0 N–H and O–H groups in total. The van der Waals surface area contributed by atoms with Gasteiger partial charge < -0.3 is 9.47 Å². The topological polar surface area (TPSA) is 35.5 Å². The summed E-state index contributed by atoms with van der Waals surface area (Å²) in [4.78, 5) is 12.9. The molecule has 2 saturated carbocycles. The SMILES string of the molecule is CCCOC(=O)C(COC)(C1CCCC1)C1CCCC1. The van der Waals surface area contributed by atoms with E-state index in [2.05, 4.69) is 6.92 Å². The zero-order valence-corrected chi connectivity index (χ0v) is 13.2. The van der Waals surface area contributed by atoms with Gasteiger partial charge in [0.05, 0.1) is 18.6 Å². The predicted octanol–water partition coefficient (Wildman–Crippen LogP) is 3.95. The van der Waals surface area contributed by atoms with E-state index in [9.17, 15) is 4.79 Å². The number of rotatable bonds is 7. The maximum atomic E-state index is 12.9. The van der Waals surface area contributed by atoms with E-state index in [1.54, 1.807) is 7.11 Å². The third-order valence-electron chi connectivity index (χ3n) is 5.37. The van der Waals surface area contributed by atoms with Crippen molar-refractivity contribution >= 4 is 5.97 Å². The molecule has 0 radical (unpaired) electrons. The second kappa shape index (κ2) is 7.44. The summed E-state index contributed by atoms with van der Waals surface area (Å²) in [7, 11) is 1.73. The van der Waals surface area contributed by atoms with Crippen LogP contribution in [-0.2, 0) is 14.3 Å². The second-order valence-corrected chi connectivity index (χ2v) is 6.57. The summed E-state index contributed by atoms with van der Waals surface area (Å²) in [5.74, 6) is 0.963. The van der Waals surface area contributed by atoms with Crippen molar-refractivity contribution < 1.29 is 14.3 Å². The number of carbonyl (C=O) groups is 1. The van der Waals surface area contributed by atoms with Gasteiger partial charge in [0.25, 0.3) is 0 Å². The Morgan fingerprint density at radius 2 is 1.55 bits per heavy atom. The maximum absolute atomic E-state index is 12.9. The van der Waals surface area contributed by atoms with E-state index in [0.29, 0.717) is 25.0 Å². The number of methoxy groups -OCH3 is 1. The van der Waals surface area contributed by atoms with Crippen LogP contribution in [-0.4, -0.2) is 26.3 Å². The van der Waals surface area contributed by atoms with E-state index in [1.165, 1.54) is 51.4 Å². The lowest BCUT2D eigenvalue weighted by atomic mass is 9.65. The van der Waals surface area contributed by atoms with Crippen LogP contribution in [0.1, 0.15) is 64.7 Å². The predicted molar refractivity (Wildman–Crippen MR) is 79.5 cm³/mol. The fourth-order valence-electron chi connectivity index (χ4n) is 4.41. The Hall–Kier alpha value is -0.570. The van der Waals surface area contributed by atoms with Gasteiger partial charge in [0.1, 0.15) is 0 Å². The van der Waals surface area contributed by atoms with Gasteiger partial charge in [-0.25, -0.2) is 0 Å². The molecule has 2 aliphatic carbocycles. The quantitative estimate of drug-likeness (QED) is 0.663. The van der Waals surface area contributed by atoms with Crippen LogP contribution >= 0.6 is 0 Å². The molecule has 0 bridgehead atoms. The second-order valence-electron chi connectivity index (χ2n) is 6.57. The van der Waals surface area contributed by atoms with Gasteiger partial charge in [-0.1, -0.05) is 32.6 Å². The van der Waals surface area contributed by atoms with Gasteiger partial charge in [-0.2, -0.15) is 0 Å². The Morgan fingerprint density at radius 3 is 1.95 bits per heavy atom. The van der Waals surface area contributed by atoms with Crippen LogP contribution in [0.15, 0.2) is 0 Å². The summed E-state index contributed by atoms with van der Waals surface area (Å²) in [5.41, 5.74) is -0.364. The molecule has 0 heterocycles. The van der Waals surface area contributed by atoms with E-state index in [0.717, 1.165) is 6.42 Å². The lowest BCUT2D eigenvalue weighted by molar-refractivity contribution is -0.170. The highest BCUT2D eigenvalue weighted by Gasteiger charge is 2.53. The molecule has 3 heteroatoms. The number of hydrogen-bond acceptors (Lipinski definition) is 3. The highest BCUT2D eigenvalue weighted by Crippen LogP contribution is 2.51. The van der Waals surface area contributed by atoms with E-state index in [1.807, 2.05) is 0 Å². The van der Waals surface area contributed by atoms with Gasteiger partial charge in [0.15, 0.2) is 0 Å². The van der Waals surface area contributed by atoms with Crippen LogP contribution in [0.4, 0.5) is 0 Å². The molecule has 2 aliphatic rings. The van der Waals surface area contributed by atoms with Gasteiger partial charge >= 0.3 is 5.97 Å². The number of hydrogen-bond donors (Lipinski definition) is 0. The first-order valence-electron chi connectivity index (χ1n) is 8.41. The van der Waals surface area contributed by atoms with Crippen LogP contribution in [0.5, 0.6) is 0 Å². The largest absolute Gasteiger partial charge is 0.465 e. The molecule has 0 aromatic carbocycles. The first-order valence-corrected chi connectivity index (χ1v) is 8.41. The molecular formula is C17H30O3. The van der Waals surface area contributed by atoms with Gasteiger partial charge in [-0.3, -0.25) is 4.79 Å². The Kier molecular flexibility index (Phi) is 5.88. The summed E-state index contributed by atoms with van der Waals surface area (Å²) in [6, 6.07) is 0. The average molecular weight is 282 g/mol. The first kappa shape index (κ1) is 15.8. The summed E-state index contributed by atoms with van der Waals surface area (Å²) < 4.78 is 11.1. The van der Waals surface area contributed by atoms with E-state index < -0.39 is 0 Å². The van der Waals surface area contributed by atoms with Crippen molar-refractivity contribution in [3.63, 3.8) is 0 Å². The Bertz CT molecular complexity index is 285. The normalized spacial score (nSPS) is 21.5. The third-order valence-corrected chi connectivity index (χ3v) is 5.37. The molecule has 116 valence electrons. The van der Waals surface area contributed by atoms with Crippen molar-refractivity contribution in [1.29, 1.82) is 0 Å². The molecule has 0 amide bonds. The smallest absolute Gasteiger partial charge is 0.314 e. The molecule has 0 aromatic rings. The zero-order valence-electron chi connectivity index (χ0n) is 13.2. The Balaban J connectivity index is 2.23. The lowest BCUT2D eigenvalue weighted by Crippen LogP contribution is -2.48. The van der Waals surface area contributed by atoms with E-state index >= 15 is 0 Å². The molecule has 0 saturated heterocycles. The summed E-state index contributed by atoms with van der Waals surface area (Å²) >= 11 is 0. The standard InChI is InChI=1S/C17H30O3/c1-3-12-20-16(18)17(13-19-2,14-8-4-5-9-14)15-10-6-7-11-15/h14-15H,3-13H2,1-2H3. The van der Waals surface area contributed by atoms with Crippen molar-refractivity contribution in [1.82, 2.24) is 0 Å². The molecule has 20 heavy (non-hydrogen) atoms. The monoisotopic (exact) mass is 282 g/mol. The van der Waals surface area contributed by atoms with Crippen molar-refractivity contribution in [3.05, 3.63) is 0 Å². The molecule has 0 aromatic heterocycles. The minimum Gasteiger partial charge on any atom is -0.465 e. The fourth-order valence-corrected chi connectivity index (χ4v) is 4.41. The van der Waals surface area contributed by atoms with Gasteiger partial charge in [-0.15, -0.1) is 0 Å². The lowest BCUT2D eigenvalue weighted by Gasteiger charge is -2.41. The molecule has 0 atom stereocenters. The van der Waals surface area contributed by atoms with Gasteiger partial charge in [0.2, 0.25) is 0 Å². The Morgan fingerprint density at radius 1 is 1.05 bits per heavy atom. The minimum absolute atomic E-state index is 0.0278. The van der Waals surface area contributed by atoms with Crippen molar-refractivity contribution in [2.75, 3.05) is 20.3 Å². The van der Waals surface area contributed by atoms with Crippen LogP contribution in [0.25, 0.3) is 0 Å². The minimum atomic E-state index is -0.364. The van der Waals surface area contributed by atoms with E-state index in [-0.39, 0.29) is 11.4 Å². The number of esters is 1. The molecule has 2 fully saturated rings. The van der Waals surface area contributed by atoms with Crippen LogP contribution in [0.3, 0.4) is 0 Å². The van der Waals surface area contributed by atoms with Crippen LogP contribution < -0.4 is 0 Å². The number of carbonyl (C=O) groups excluding carboxylic acids is 1. The molecule has 0 unspecified atom stereocenters. The third kappa shape index (κ3) is 3.03. The molecular weight excluding hydrogens is 252 g/mol. The summed E-state index contributed by atoms with van der Waals surface area (Å²) in [6.07, 6.45) is 10.6. The fraction of sp³-hybridized carbons (Fsp3) is 0.941. The van der Waals surface area contributed by atoms with Crippen LogP contribution in [0.2, 0.25) is 0 Å². The highest BCUT2D eigenvalue weighted by molar-refractivity contribution is 5.78. The van der Waals surface area contributed by atoms with Crippen molar-refractivity contribution in [2.24, 2.45) is 17.3 Å².